The van der Waals surface area contributed by atoms with Gasteiger partial charge >= 0.3 is 0 Å². The Morgan fingerprint density at radius 3 is 2.88 bits per heavy atom. The van der Waals surface area contributed by atoms with Crippen LogP contribution in [0.15, 0.2) is 24.3 Å². The molecule has 17 heavy (non-hydrogen) atoms. The van der Waals surface area contributed by atoms with Crippen LogP contribution in [-0.2, 0) is 11.2 Å². The molecule has 1 heterocycles. The van der Waals surface area contributed by atoms with E-state index in [0.717, 1.165) is 51.6 Å². The average molecular weight is 236 g/mol. The first kappa shape index (κ1) is 12.4. The van der Waals surface area contributed by atoms with Crippen molar-refractivity contribution < 1.29 is 14.4 Å². The maximum absolute atomic E-state index is 5.79. The molecule has 94 valence electrons. The zero-order valence-electron chi connectivity index (χ0n) is 10.6. The van der Waals surface area contributed by atoms with Gasteiger partial charge in [-0.2, -0.15) is 0 Å². The minimum atomic E-state index is 0.794. The van der Waals surface area contributed by atoms with Crippen LogP contribution in [-0.4, -0.2) is 39.5 Å². The molecule has 1 fully saturated rings. The summed E-state index contributed by atoms with van der Waals surface area (Å²) in [6, 6.07) is 8.37. The normalized spacial score (nSPS) is 17.0. The second kappa shape index (κ2) is 6.62. The lowest BCUT2D eigenvalue weighted by atomic mass is 10.2. The van der Waals surface area contributed by atoms with Gasteiger partial charge in [0.15, 0.2) is 0 Å². The van der Waals surface area contributed by atoms with E-state index in [2.05, 4.69) is 25.1 Å². The second-order valence-corrected chi connectivity index (χ2v) is 4.46. The standard InChI is InChI=1S/C14H21NO2/c1-2-13-4-3-5-14(12-13)17-11-8-15-6-9-16-10-7-15/h3-5,12H,2,6-11H2,1H3/p+1. The van der Waals surface area contributed by atoms with E-state index < -0.39 is 0 Å². The number of quaternary nitrogens is 1. The Kier molecular flexibility index (Phi) is 4.83. The van der Waals surface area contributed by atoms with Gasteiger partial charge in [-0.05, 0) is 24.1 Å². The highest BCUT2D eigenvalue weighted by atomic mass is 16.5. The van der Waals surface area contributed by atoms with Gasteiger partial charge in [-0.25, -0.2) is 0 Å². The lowest BCUT2D eigenvalue weighted by Gasteiger charge is -2.23. The summed E-state index contributed by atoms with van der Waals surface area (Å²) in [5.74, 6) is 0.997. The number of morpholine rings is 1. The Hall–Kier alpha value is -1.06. The van der Waals surface area contributed by atoms with E-state index in [4.69, 9.17) is 9.47 Å². The number of aryl methyl sites for hydroxylation is 1. The number of rotatable bonds is 5. The largest absolute Gasteiger partial charge is 0.488 e. The SMILES string of the molecule is CCc1cccc(OCC[NH+]2CCOCC2)c1. The minimum absolute atomic E-state index is 0.794. The third-order valence-electron chi connectivity index (χ3n) is 3.23. The van der Waals surface area contributed by atoms with Crippen LogP contribution in [0.2, 0.25) is 0 Å². The van der Waals surface area contributed by atoms with E-state index in [-0.39, 0.29) is 0 Å². The number of nitrogens with one attached hydrogen (secondary N) is 1. The number of hydrogen-bond acceptors (Lipinski definition) is 2. The molecule has 1 aromatic carbocycles. The van der Waals surface area contributed by atoms with Crippen molar-refractivity contribution in [2.24, 2.45) is 0 Å². The topological polar surface area (TPSA) is 22.9 Å². The second-order valence-electron chi connectivity index (χ2n) is 4.46. The molecule has 0 aliphatic carbocycles. The van der Waals surface area contributed by atoms with Gasteiger partial charge in [0, 0.05) is 0 Å². The van der Waals surface area contributed by atoms with Gasteiger partial charge in [0.2, 0.25) is 0 Å². The third-order valence-corrected chi connectivity index (χ3v) is 3.23. The fraction of sp³-hybridized carbons (Fsp3) is 0.571. The molecule has 1 aliphatic rings. The Morgan fingerprint density at radius 1 is 1.29 bits per heavy atom. The summed E-state index contributed by atoms with van der Waals surface area (Å²) in [4.78, 5) is 1.59. The summed E-state index contributed by atoms with van der Waals surface area (Å²) < 4.78 is 11.1. The average Bonchev–Trinajstić information content (AvgIpc) is 2.40. The van der Waals surface area contributed by atoms with Gasteiger partial charge < -0.3 is 14.4 Å². The maximum atomic E-state index is 5.79. The molecule has 1 aromatic rings. The summed E-state index contributed by atoms with van der Waals surface area (Å²) in [5.41, 5.74) is 1.33. The van der Waals surface area contributed by atoms with Gasteiger partial charge in [-0.3, -0.25) is 0 Å². The molecule has 1 saturated heterocycles. The van der Waals surface area contributed by atoms with Crippen LogP contribution in [0, 0.1) is 0 Å². The molecule has 0 bridgehead atoms. The molecule has 0 saturated carbocycles. The first-order valence-electron chi connectivity index (χ1n) is 6.51. The molecule has 3 nitrogen and oxygen atoms in total. The predicted octanol–water partition coefficient (Wildman–Crippen LogP) is 0.543. The summed E-state index contributed by atoms with van der Waals surface area (Å²) in [7, 11) is 0. The molecule has 3 heteroatoms. The fourth-order valence-corrected chi connectivity index (χ4v) is 2.08. The van der Waals surface area contributed by atoms with Crippen molar-refractivity contribution in [2.45, 2.75) is 13.3 Å². The Morgan fingerprint density at radius 2 is 2.12 bits per heavy atom. The van der Waals surface area contributed by atoms with Gasteiger partial charge in [0.05, 0.1) is 13.2 Å². The van der Waals surface area contributed by atoms with Crippen molar-refractivity contribution in [1.29, 1.82) is 0 Å². The highest BCUT2D eigenvalue weighted by Gasteiger charge is 2.13. The summed E-state index contributed by atoms with van der Waals surface area (Å²) >= 11 is 0. The molecule has 0 radical (unpaired) electrons. The Bertz CT molecular complexity index is 335. The molecule has 1 N–H and O–H groups in total. The van der Waals surface area contributed by atoms with Gasteiger partial charge in [0.25, 0.3) is 0 Å². The highest BCUT2D eigenvalue weighted by Crippen LogP contribution is 2.13. The van der Waals surface area contributed by atoms with Crippen molar-refractivity contribution in [1.82, 2.24) is 0 Å². The van der Waals surface area contributed by atoms with E-state index in [1.54, 1.807) is 4.90 Å². The maximum Gasteiger partial charge on any atom is 0.137 e. The van der Waals surface area contributed by atoms with Crippen LogP contribution in [0.5, 0.6) is 5.75 Å². The third kappa shape index (κ3) is 4.02. The summed E-state index contributed by atoms with van der Waals surface area (Å²) in [6.07, 6.45) is 1.06. The molecule has 0 aromatic heterocycles. The first-order chi connectivity index (χ1) is 8.38. The number of hydrogen-bond donors (Lipinski definition) is 1. The Labute approximate surface area is 103 Å². The molecule has 0 unspecified atom stereocenters. The van der Waals surface area contributed by atoms with Gasteiger partial charge in [0.1, 0.15) is 32.0 Å². The molecule has 2 rings (SSSR count). The van der Waals surface area contributed by atoms with E-state index in [1.807, 2.05) is 6.07 Å². The minimum Gasteiger partial charge on any atom is -0.488 e. The summed E-state index contributed by atoms with van der Waals surface area (Å²) in [6.45, 7) is 8.03. The van der Waals surface area contributed by atoms with E-state index >= 15 is 0 Å². The Balaban J connectivity index is 1.73. The van der Waals surface area contributed by atoms with E-state index in [1.165, 1.54) is 5.56 Å². The van der Waals surface area contributed by atoms with Crippen molar-refractivity contribution in [3.63, 3.8) is 0 Å². The molecular formula is C14H22NO2+. The van der Waals surface area contributed by atoms with Crippen LogP contribution in [0.25, 0.3) is 0 Å². The number of benzene rings is 1. The monoisotopic (exact) mass is 236 g/mol. The summed E-state index contributed by atoms with van der Waals surface area (Å²) in [5, 5.41) is 0. The fourth-order valence-electron chi connectivity index (χ4n) is 2.08. The zero-order valence-corrected chi connectivity index (χ0v) is 10.6. The quantitative estimate of drug-likeness (QED) is 0.806. The first-order valence-corrected chi connectivity index (χ1v) is 6.51. The van der Waals surface area contributed by atoms with Crippen LogP contribution in [0.3, 0.4) is 0 Å². The molecule has 0 atom stereocenters. The lowest BCUT2D eigenvalue weighted by Crippen LogP contribution is -3.14. The van der Waals surface area contributed by atoms with Crippen LogP contribution in [0.4, 0.5) is 0 Å². The molecule has 0 spiro atoms. The molecule has 1 aliphatic heterocycles. The van der Waals surface area contributed by atoms with Gasteiger partial charge in [-0.1, -0.05) is 19.1 Å². The zero-order chi connectivity index (χ0) is 11.9. The van der Waals surface area contributed by atoms with Crippen molar-refractivity contribution in [2.75, 3.05) is 39.5 Å². The van der Waals surface area contributed by atoms with Crippen molar-refractivity contribution >= 4 is 0 Å². The highest BCUT2D eigenvalue weighted by molar-refractivity contribution is 5.28. The van der Waals surface area contributed by atoms with Crippen molar-refractivity contribution in [3.05, 3.63) is 29.8 Å². The van der Waals surface area contributed by atoms with Gasteiger partial charge in [-0.15, -0.1) is 0 Å². The van der Waals surface area contributed by atoms with E-state index in [9.17, 15) is 0 Å². The lowest BCUT2D eigenvalue weighted by molar-refractivity contribution is -0.908. The predicted molar refractivity (Wildman–Crippen MR) is 67.7 cm³/mol. The molecular weight excluding hydrogens is 214 g/mol. The number of ether oxygens (including phenoxy) is 2. The molecule has 0 amide bonds. The van der Waals surface area contributed by atoms with Crippen molar-refractivity contribution in [3.8, 4) is 5.75 Å². The smallest absolute Gasteiger partial charge is 0.137 e. The van der Waals surface area contributed by atoms with Crippen LogP contribution < -0.4 is 9.64 Å². The van der Waals surface area contributed by atoms with E-state index in [0.29, 0.717) is 0 Å². The van der Waals surface area contributed by atoms with Crippen LogP contribution in [0.1, 0.15) is 12.5 Å². The van der Waals surface area contributed by atoms with Crippen LogP contribution >= 0.6 is 0 Å².